The molecule has 7 heteroatoms. The number of carbonyl (C=O) groups is 3. The molecule has 0 saturated carbocycles. The maximum Gasteiger partial charge on any atom is 0.321 e. The molecular formula is C14H17N3O4. The first-order chi connectivity index (χ1) is 9.94. The molecule has 3 N–H and O–H groups in total. The van der Waals surface area contributed by atoms with Crippen molar-refractivity contribution in [3.8, 4) is 0 Å². The number of rotatable bonds is 4. The molecule has 0 aromatic heterocycles. The van der Waals surface area contributed by atoms with Crippen molar-refractivity contribution in [1.29, 1.82) is 0 Å². The summed E-state index contributed by atoms with van der Waals surface area (Å²) in [7, 11) is 0. The molecule has 0 atom stereocenters. The second-order valence-corrected chi connectivity index (χ2v) is 5.06. The van der Waals surface area contributed by atoms with Crippen LogP contribution in [0.25, 0.3) is 0 Å². The number of aliphatic carboxylic acids is 1. The number of urea groups is 1. The second-order valence-electron chi connectivity index (χ2n) is 5.06. The molecule has 1 heterocycles. The number of anilines is 2. The summed E-state index contributed by atoms with van der Waals surface area (Å²) < 4.78 is 0. The maximum atomic E-state index is 11.9. The van der Waals surface area contributed by atoms with Crippen LogP contribution in [-0.2, 0) is 9.59 Å². The van der Waals surface area contributed by atoms with E-state index in [1.165, 1.54) is 6.92 Å². The van der Waals surface area contributed by atoms with Crippen LogP contribution in [0.1, 0.15) is 13.3 Å². The van der Waals surface area contributed by atoms with Crippen LogP contribution in [-0.4, -0.2) is 41.0 Å². The molecule has 7 nitrogen and oxygen atoms in total. The van der Waals surface area contributed by atoms with Crippen LogP contribution in [0.5, 0.6) is 0 Å². The van der Waals surface area contributed by atoms with Crippen molar-refractivity contribution in [1.82, 2.24) is 4.90 Å². The van der Waals surface area contributed by atoms with Gasteiger partial charge in [-0.3, -0.25) is 9.59 Å². The van der Waals surface area contributed by atoms with Crippen molar-refractivity contribution in [3.05, 3.63) is 24.3 Å². The summed E-state index contributed by atoms with van der Waals surface area (Å²) in [5, 5.41) is 14.0. The first kappa shape index (κ1) is 14.8. The molecule has 0 aliphatic carbocycles. The number of hydrogen-bond donors (Lipinski definition) is 3. The third-order valence-electron chi connectivity index (χ3n) is 3.16. The molecule has 1 aromatic carbocycles. The summed E-state index contributed by atoms with van der Waals surface area (Å²) in [5.41, 5.74) is 1.28. The Morgan fingerprint density at radius 1 is 1.14 bits per heavy atom. The van der Waals surface area contributed by atoms with Gasteiger partial charge < -0.3 is 20.6 Å². The van der Waals surface area contributed by atoms with Crippen LogP contribution < -0.4 is 10.6 Å². The van der Waals surface area contributed by atoms with Gasteiger partial charge in [0, 0.05) is 37.3 Å². The molecule has 0 bridgehead atoms. The molecule has 21 heavy (non-hydrogen) atoms. The molecular weight excluding hydrogens is 274 g/mol. The Morgan fingerprint density at radius 3 is 2.14 bits per heavy atom. The predicted octanol–water partition coefficient (Wildman–Crippen LogP) is 1.58. The standard InChI is InChI=1S/C14H17N3O4/c1-9(18)15-11-2-4-12(5-3-11)16-14(21)17-7-10(8-17)6-13(19)20/h2-5,10H,6-8H2,1H3,(H,15,18)(H,16,21)(H,19,20). The summed E-state index contributed by atoms with van der Waals surface area (Å²) in [4.78, 5) is 34.9. The van der Waals surface area contributed by atoms with E-state index in [0.717, 1.165) is 0 Å². The minimum Gasteiger partial charge on any atom is -0.481 e. The van der Waals surface area contributed by atoms with Gasteiger partial charge in [0.15, 0.2) is 0 Å². The van der Waals surface area contributed by atoms with Gasteiger partial charge in [0.05, 0.1) is 6.42 Å². The highest BCUT2D eigenvalue weighted by Gasteiger charge is 2.31. The van der Waals surface area contributed by atoms with Crippen molar-refractivity contribution < 1.29 is 19.5 Å². The number of carbonyl (C=O) groups excluding carboxylic acids is 2. The topological polar surface area (TPSA) is 98.7 Å². The number of carboxylic acid groups (broad SMARTS) is 1. The lowest BCUT2D eigenvalue weighted by atomic mass is 9.97. The lowest BCUT2D eigenvalue weighted by Crippen LogP contribution is -2.52. The fraction of sp³-hybridized carbons (Fsp3) is 0.357. The first-order valence-corrected chi connectivity index (χ1v) is 6.59. The minimum absolute atomic E-state index is 0.0374. The Balaban J connectivity index is 1.81. The van der Waals surface area contributed by atoms with Crippen molar-refractivity contribution in [2.24, 2.45) is 5.92 Å². The van der Waals surface area contributed by atoms with Crippen LogP contribution in [0, 0.1) is 5.92 Å². The summed E-state index contributed by atoms with van der Waals surface area (Å²) in [6.45, 7) is 2.34. The van der Waals surface area contributed by atoms with Crippen molar-refractivity contribution >= 4 is 29.3 Å². The summed E-state index contributed by atoms with van der Waals surface area (Å²) in [6.07, 6.45) is 0.0925. The highest BCUT2D eigenvalue weighted by atomic mass is 16.4. The molecule has 3 amide bonds. The smallest absolute Gasteiger partial charge is 0.321 e. The molecule has 0 radical (unpaired) electrons. The number of nitrogens with zero attached hydrogens (tertiary/aromatic N) is 1. The zero-order chi connectivity index (χ0) is 15.4. The molecule has 0 unspecified atom stereocenters. The Bertz CT molecular complexity index is 550. The van der Waals surface area contributed by atoms with Gasteiger partial charge in [-0.25, -0.2) is 4.79 Å². The van der Waals surface area contributed by atoms with Crippen molar-refractivity contribution in [3.63, 3.8) is 0 Å². The highest BCUT2D eigenvalue weighted by molar-refractivity contribution is 5.91. The van der Waals surface area contributed by atoms with E-state index < -0.39 is 5.97 Å². The third-order valence-corrected chi connectivity index (χ3v) is 3.16. The number of hydrogen-bond acceptors (Lipinski definition) is 3. The van der Waals surface area contributed by atoms with E-state index in [1.807, 2.05) is 0 Å². The molecule has 1 fully saturated rings. The molecule has 1 saturated heterocycles. The predicted molar refractivity (Wildman–Crippen MR) is 77.1 cm³/mol. The fourth-order valence-corrected chi connectivity index (χ4v) is 2.15. The summed E-state index contributed by atoms with van der Waals surface area (Å²) in [6, 6.07) is 6.53. The number of nitrogens with one attached hydrogen (secondary N) is 2. The lowest BCUT2D eigenvalue weighted by Gasteiger charge is -2.38. The van der Waals surface area contributed by atoms with E-state index in [2.05, 4.69) is 10.6 Å². The van der Waals surface area contributed by atoms with E-state index in [9.17, 15) is 14.4 Å². The Labute approximate surface area is 121 Å². The highest BCUT2D eigenvalue weighted by Crippen LogP contribution is 2.21. The largest absolute Gasteiger partial charge is 0.481 e. The zero-order valence-corrected chi connectivity index (χ0v) is 11.6. The maximum absolute atomic E-state index is 11.9. The third kappa shape index (κ3) is 4.20. The van der Waals surface area contributed by atoms with Gasteiger partial charge in [0.25, 0.3) is 0 Å². The van der Waals surface area contributed by atoms with Gasteiger partial charge >= 0.3 is 12.0 Å². The molecule has 2 rings (SSSR count). The van der Waals surface area contributed by atoms with Gasteiger partial charge in [-0.15, -0.1) is 0 Å². The molecule has 0 spiro atoms. The van der Waals surface area contributed by atoms with Crippen LogP contribution in [0.2, 0.25) is 0 Å². The van der Waals surface area contributed by atoms with Gasteiger partial charge in [-0.2, -0.15) is 0 Å². The average molecular weight is 291 g/mol. The van der Waals surface area contributed by atoms with Gasteiger partial charge in [0.2, 0.25) is 5.91 Å². The number of likely N-dealkylation sites (tertiary alicyclic amines) is 1. The van der Waals surface area contributed by atoms with E-state index in [1.54, 1.807) is 29.2 Å². The SMILES string of the molecule is CC(=O)Nc1ccc(NC(=O)N2CC(CC(=O)O)C2)cc1. The van der Waals surface area contributed by atoms with Crippen LogP contribution >= 0.6 is 0 Å². The van der Waals surface area contributed by atoms with Crippen molar-refractivity contribution in [2.45, 2.75) is 13.3 Å². The lowest BCUT2D eigenvalue weighted by molar-refractivity contribution is -0.139. The first-order valence-electron chi connectivity index (χ1n) is 6.59. The normalized spacial score (nSPS) is 14.2. The Hall–Kier alpha value is -2.57. The van der Waals surface area contributed by atoms with Crippen LogP contribution in [0.3, 0.4) is 0 Å². The van der Waals surface area contributed by atoms with Crippen LogP contribution in [0.15, 0.2) is 24.3 Å². The van der Waals surface area contributed by atoms with Gasteiger partial charge in [-0.05, 0) is 24.3 Å². The van der Waals surface area contributed by atoms with E-state index in [-0.39, 0.29) is 24.3 Å². The fourth-order valence-electron chi connectivity index (χ4n) is 2.15. The van der Waals surface area contributed by atoms with Crippen molar-refractivity contribution in [2.75, 3.05) is 23.7 Å². The number of carboxylic acids is 1. The van der Waals surface area contributed by atoms with Gasteiger partial charge in [0.1, 0.15) is 0 Å². The Kier molecular flexibility index (Phi) is 4.42. The van der Waals surface area contributed by atoms with Crippen LogP contribution in [0.4, 0.5) is 16.2 Å². The number of amides is 3. The molecule has 1 aromatic rings. The molecule has 1 aliphatic rings. The minimum atomic E-state index is -0.839. The average Bonchev–Trinajstić information content (AvgIpc) is 2.34. The van der Waals surface area contributed by atoms with E-state index in [0.29, 0.717) is 24.5 Å². The monoisotopic (exact) mass is 291 g/mol. The van der Waals surface area contributed by atoms with E-state index in [4.69, 9.17) is 5.11 Å². The number of benzene rings is 1. The Morgan fingerprint density at radius 2 is 1.67 bits per heavy atom. The zero-order valence-electron chi connectivity index (χ0n) is 11.6. The summed E-state index contributed by atoms with van der Waals surface area (Å²) >= 11 is 0. The quantitative estimate of drug-likeness (QED) is 0.784. The molecule has 1 aliphatic heterocycles. The van der Waals surface area contributed by atoms with Gasteiger partial charge in [-0.1, -0.05) is 0 Å². The summed E-state index contributed by atoms with van der Waals surface area (Å²) in [5.74, 6) is -0.958. The second kappa shape index (κ2) is 6.25. The molecule has 112 valence electrons. The van der Waals surface area contributed by atoms with E-state index >= 15 is 0 Å².